The lowest BCUT2D eigenvalue weighted by molar-refractivity contribution is -0.112. The molecule has 0 spiro atoms. The first kappa shape index (κ1) is 23.1. The molecular formula is C26H17ClN2O4S. The van der Waals surface area contributed by atoms with Crippen LogP contribution in [0.1, 0.15) is 5.56 Å². The van der Waals surface area contributed by atoms with Gasteiger partial charge in [-0.1, -0.05) is 60.1 Å². The van der Waals surface area contributed by atoms with Crippen LogP contribution in [-0.2, 0) is 14.9 Å². The smallest absolute Gasteiger partial charge is 0.339 e. The molecule has 168 valence electrons. The molecule has 0 heterocycles. The van der Waals surface area contributed by atoms with E-state index >= 15 is 0 Å². The first-order chi connectivity index (χ1) is 16.3. The molecule has 0 saturated heterocycles. The van der Waals surface area contributed by atoms with Crippen LogP contribution in [0, 0.1) is 11.3 Å². The van der Waals surface area contributed by atoms with Crippen molar-refractivity contribution < 1.29 is 17.4 Å². The molecule has 0 atom stereocenters. The number of carbonyl (C=O) groups excluding carboxylic acids is 1. The summed E-state index contributed by atoms with van der Waals surface area (Å²) in [5, 5.41) is 14.2. The van der Waals surface area contributed by atoms with Gasteiger partial charge in [-0.25, -0.2) is 0 Å². The number of hydrogen-bond donors (Lipinski definition) is 1. The lowest BCUT2D eigenvalue weighted by Crippen LogP contribution is -2.13. The van der Waals surface area contributed by atoms with Crippen molar-refractivity contribution >= 4 is 50.2 Å². The maximum absolute atomic E-state index is 12.8. The van der Waals surface area contributed by atoms with Gasteiger partial charge in [0.2, 0.25) is 0 Å². The average Bonchev–Trinajstić information content (AvgIpc) is 2.82. The van der Waals surface area contributed by atoms with Gasteiger partial charge in [-0.2, -0.15) is 13.7 Å². The summed E-state index contributed by atoms with van der Waals surface area (Å²) < 4.78 is 30.9. The fourth-order valence-electron chi connectivity index (χ4n) is 3.23. The van der Waals surface area contributed by atoms with E-state index in [0.717, 1.165) is 10.8 Å². The minimum absolute atomic E-state index is 0.0192. The molecule has 4 aromatic carbocycles. The van der Waals surface area contributed by atoms with Crippen LogP contribution < -0.4 is 9.50 Å². The summed E-state index contributed by atoms with van der Waals surface area (Å²) in [5.74, 6) is -0.575. The van der Waals surface area contributed by atoms with Gasteiger partial charge in [-0.15, -0.1) is 0 Å². The molecular weight excluding hydrogens is 472 g/mol. The Labute approximate surface area is 201 Å². The number of carbonyl (C=O) groups is 1. The number of nitrogens with one attached hydrogen (secondary N) is 1. The van der Waals surface area contributed by atoms with Gasteiger partial charge >= 0.3 is 10.1 Å². The van der Waals surface area contributed by atoms with Crippen molar-refractivity contribution in [1.82, 2.24) is 0 Å². The van der Waals surface area contributed by atoms with Gasteiger partial charge in [0.1, 0.15) is 22.3 Å². The second-order valence-electron chi connectivity index (χ2n) is 7.25. The van der Waals surface area contributed by atoms with Crippen LogP contribution in [0.2, 0.25) is 5.02 Å². The normalized spacial score (nSPS) is 11.6. The highest BCUT2D eigenvalue weighted by Crippen LogP contribution is 2.24. The standard InChI is InChI=1S/C26H17ClN2O4S/c27-22-8-4-9-23(16-22)29-26(30)21(17-28)13-18-5-3-10-24(14-18)33-34(31,32)25-12-11-19-6-1-2-7-20(19)15-25/h1-16H,(H,29,30)/b21-13+. The van der Waals surface area contributed by atoms with Gasteiger partial charge in [0, 0.05) is 10.7 Å². The summed E-state index contributed by atoms with van der Waals surface area (Å²) in [6.45, 7) is 0. The van der Waals surface area contributed by atoms with E-state index < -0.39 is 16.0 Å². The topological polar surface area (TPSA) is 96.3 Å². The summed E-state index contributed by atoms with van der Waals surface area (Å²) >= 11 is 5.92. The molecule has 0 aliphatic rings. The highest BCUT2D eigenvalue weighted by Gasteiger charge is 2.17. The third-order valence-electron chi connectivity index (χ3n) is 4.83. The molecule has 1 N–H and O–H groups in total. The molecule has 0 aliphatic heterocycles. The van der Waals surface area contributed by atoms with E-state index in [1.165, 1.54) is 24.3 Å². The van der Waals surface area contributed by atoms with Crippen LogP contribution >= 0.6 is 11.6 Å². The zero-order valence-corrected chi connectivity index (χ0v) is 19.2. The van der Waals surface area contributed by atoms with E-state index in [2.05, 4.69) is 5.32 Å². The molecule has 6 nitrogen and oxygen atoms in total. The van der Waals surface area contributed by atoms with Gasteiger partial charge in [-0.05, 0) is 64.9 Å². The highest BCUT2D eigenvalue weighted by atomic mass is 35.5. The molecule has 1 amide bonds. The predicted molar refractivity (Wildman–Crippen MR) is 132 cm³/mol. The Morgan fingerprint density at radius 2 is 1.68 bits per heavy atom. The van der Waals surface area contributed by atoms with Gasteiger partial charge in [0.15, 0.2) is 0 Å². The number of rotatable bonds is 6. The number of anilines is 1. The van der Waals surface area contributed by atoms with E-state index in [-0.39, 0.29) is 16.2 Å². The Kier molecular flexibility index (Phi) is 6.64. The van der Waals surface area contributed by atoms with Crippen molar-refractivity contribution in [1.29, 1.82) is 5.26 Å². The van der Waals surface area contributed by atoms with E-state index in [1.54, 1.807) is 48.5 Å². The van der Waals surface area contributed by atoms with E-state index in [1.807, 2.05) is 30.3 Å². The van der Waals surface area contributed by atoms with Crippen molar-refractivity contribution in [2.24, 2.45) is 0 Å². The number of amides is 1. The lowest BCUT2D eigenvalue weighted by atomic mass is 10.1. The number of hydrogen-bond acceptors (Lipinski definition) is 5. The molecule has 0 aliphatic carbocycles. The molecule has 0 saturated carbocycles. The quantitative estimate of drug-likeness (QED) is 0.210. The second-order valence-corrected chi connectivity index (χ2v) is 9.24. The van der Waals surface area contributed by atoms with Crippen LogP contribution in [0.15, 0.2) is 101 Å². The first-order valence-electron chi connectivity index (χ1n) is 10.1. The predicted octanol–water partition coefficient (Wildman–Crippen LogP) is 5.81. The maximum atomic E-state index is 12.8. The Morgan fingerprint density at radius 1 is 0.912 bits per heavy atom. The number of halogens is 1. The highest BCUT2D eigenvalue weighted by molar-refractivity contribution is 7.87. The van der Waals surface area contributed by atoms with Crippen LogP contribution in [0.25, 0.3) is 16.8 Å². The van der Waals surface area contributed by atoms with E-state index in [0.29, 0.717) is 16.3 Å². The Morgan fingerprint density at radius 3 is 2.44 bits per heavy atom. The van der Waals surface area contributed by atoms with Gasteiger partial charge in [0.05, 0.1) is 0 Å². The fourth-order valence-corrected chi connectivity index (χ4v) is 4.38. The van der Waals surface area contributed by atoms with Crippen LogP contribution in [0.4, 0.5) is 5.69 Å². The van der Waals surface area contributed by atoms with E-state index in [4.69, 9.17) is 15.8 Å². The number of nitrogens with zero attached hydrogens (tertiary/aromatic N) is 1. The lowest BCUT2D eigenvalue weighted by Gasteiger charge is -2.09. The summed E-state index contributed by atoms with van der Waals surface area (Å²) in [6.07, 6.45) is 1.34. The van der Waals surface area contributed by atoms with Crippen molar-refractivity contribution in [2.75, 3.05) is 5.32 Å². The molecule has 0 bridgehead atoms. The van der Waals surface area contributed by atoms with Crippen molar-refractivity contribution in [3.63, 3.8) is 0 Å². The average molecular weight is 489 g/mol. The summed E-state index contributed by atoms with van der Waals surface area (Å²) in [5.41, 5.74) is 0.690. The van der Waals surface area contributed by atoms with Crippen molar-refractivity contribution in [3.05, 3.63) is 107 Å². The molecule has 8 heteroatoms. The van der Waals surface area contributed by atoms with Gasteiger partial charge in [-0.3, -0.25) is 4.79 Å². The molecule has 0 radical (unpaired) electrons. The minimum atomic E-state index is -4.09. The van der Waals surface area contributed by atoms with Gasteiger partial charge in [0.25, 0.3) is 5.91 Å². The Balaban J connectivity index is 1.56. The molecule has 0 aromatic heterocycles. The molecule has 34 heavy (non-hydrogen) atoms. The Bertz CT molecular complexity index is 1570. The second kappa shape index (κ2) is 9.79. The third-order valence-corrected chi connectivity index (χ3v) is 6.31. The molecule has 0 fully saturated rings. The summed E-state index contributed by atoms with van der Waals surface area (Å²) in [4.78, 5) is 12.5. The van der Waals surface area contributed by atoms with Crippen LogP contribution in [0.3, 0.4) is 0 Å². The molecule has 4 rings (SSSR count). The zero-order chi connectivity index (χ0) is 24.1. The summed E-state index contributed by atoms with van der Waals surface area (Å²) in [6, 6.07) is 26.6. The monoisotopic (exact) mass is 488 g/mol. The SMILES string of the molecule is N#C/C(=C\c1cccc(OS(=O)(=O)c2ccc3ccccc3c2)c1)C(=O)Nc1cccc(Cl)c1. The van der Waals surface area contributed by atoms with Crippen molar-refractivity contribution in [2.45, 2.75) is 4.90 Å². The number of fused-ring (bicyclic) bond motifs is 1. The van der Waals surface area contributed by atoms with Crippen molar-refractivity contribution in [3.8, 4) is 11.8 Å². The third kappa shape index (κ3) is 5.44. The number of benzene rings is 4. The first-order valence-corrected chi connectivity index (χ1v) is 11.8. The largest absolute Gasteiger partial charge is 0.379 e. The fraction of sp³-hybridized carbons (Fsp3) is 0. The maximum Gasteiger partial charge on any atom is 0.339 e. The van der Waals surface area contributed by atoms with Crippen LogP contribution in [-0.4, -0.2) is 14.3 Å². The van der Waals surface area contributed by atoms with E-state index in [9.17, 15) is 18.5 Å². The molecule has 0 unspecified atom stereocenters. The summed E-state index contributed by atoms with van der Waals surface area (Å²) in [7, 11) is -4.09. The number of nitriles is 1. The zero-order valence-electron chi connectivity index (χ0n) is 17.6. The van der Waals surface area contributed by atoms with Crippen LogP contribution in [0.5, 0.6) is 5.75 Å². The molecule has 4 aromatic rings. The Hall–Kier alpha value is -4.12. The minimum Gasteiger partial charge on any atom is -0.379 e. The van der Waals surface area contributed by atoms with Gasteiger partial charge < -0.3 is 9.50 Å².